The van der Waals surface area contributed by atoms with Gasteiger partial charge in [0.15, 0.2) is 5.96 Å². The predicted molar refractivity (Wildman–Crippen MR) is 82.9 cm³/mol. The van der Waals surface area contributed by atoms with E-state index in [1.165, 1.54) is 0 Å². The zero-order valence-corrected chi connectivity index (χ0v) is 12.8. The second-order valence-corrected chi connectivity index (χ2v) is 5.56. The second kappa shape index (κ2) is 7.09. The third-order valence-corrected chi connectivity index (χ3v) is 3.31. The first kappa shape index (κ1) is 14.6. The molecule has 0 fully saturated rings. The van der Waals surface area contributed by atoms with Crippen LogP contribution in [0.3, 0.4) is 0 Å². The first-order valence-corrected chi connectivity index (χ1v) is 7.60. The molecule has 0 saturated heterocycles. The molecule has 2 rings (SSSR count). The SMILES string of the molecule is CCNC(=NCc1coc(-c2cccs2)n1)NC(C)C. The van der Waals surface area contributed by atoms with E-state index in [4.69, 9.17) is 4.42 Å². The molecule has 6 heteroatoms. The Kier molecular flexibility index (Phi) is 5.17. The maximum atomic E-state index is 5.47. The fraction of sp³-hybridized carbons (Fsp3) is 0.429. The molecule has 2 heterocycles. The summed E-state index contributed by atoms with van der Waals surface area (Å²) in [5.74, 6) is 1.45. The van der Waals surface area contributed by atoms with E-state index in [1.807, 2.05) is 24.4 Å². The lowest BCUT2D eigenvalue weighted by Crippen LogP contribution is -2.41. The highest BCUT2D eigenvalue weighted by Crippen LogP contribution is 2.23. The molecule has 108 valence electrons. The number of nitrogens with one attached hydrogen (secondary N) is 2. The van der Waals surface area contributed by atoms with Gasteiger partial charge in [-0.15, -0.1) is 11.3 Å². The number of oxazole rings is 1. The highest BCUT2D eigenvalue weighted by molar-refractivity contribution is 7.13. The molecule has 0 atom stereocenters. The Labute approximate surface area is 123 Å². The van der Waals surface area contributed by atoms with Gasteiger partial charge in [0.2, 0.25) is 5.89 Å². The van der Waals surface area contributed by atoms with Crippen molar-refractivity contribution in [3.05, 3.63) is 29.5 Å². The standard InChI is InChI=1S/C14H20N4OS/c1-4-15-14(17-10(2)3)16-8-11-9-19-13(18-11)12-6-5-7-20-12/h5-7,9-10H,4,8H2,1-3H3,(H2,15,16,17). The summed E-state index contributed by atoms with van der Waals surface area (Å²) < 4.78 is 5.47. The Bertz CT molecular complexity index is 545. The Morgan fingerprint density at radius 2 is 2.35 bits per heavy atom. The van der Waals surface area contributed by atoms with Crippen LogP contribution < -0.4 is 10.6 Å². The van der Waals surface area contributed by atoms with Crippen LogP contribution in [0.4, 0.5) is 0 Å². The van der Waals surface area contributed by atoms with Crippen molar-refractivity contribution >= 4 is 17.3 Å². The summed E-state index contributed by atoms with van der Waals surface area (Å²) in [6.45, 7) is 7.53. The minimum Gasteiger partial charge on any atom is -0.443 e. The first-order valence-electron chi connectivity index (χ1n) is 6.72. The van der Waals surface area contributed by atoms with Crippen molar-refractivity contribution in [1.29, 1.82) is 0 Å². The van der Waals surface area contributed by atoms with Crippen molar-refractivity contribution in [2.45, 2.75) is 33.4 Å². The molecule has 0 aromatic carbocycles. The van der Waals surface area contributed by atoms with Crippen molar-refractivity contribution in [1.82, 2.24) is 15.6 Å². The fourth-order valence-corrected chi connectivity index (χ4v) is 2.30. The van der Waals surface area contributed by atoms with Gasteiger partial charge in [-0.25, -0.2) is 9.98 Å². The minimum absolute atomic E-state index is 0.340. The van der Waals surface area contributed by atoms with Crippen LogP contribution in [0.5, 0.6) is 0 Å². The molecule has 0 bridgehead atoms. The van der Waals surface area contributed by atoms with Crippen molar-refractivity contribution < 1.29 is 4.42 Å². The van der Waals surface area contributed by atoms with E-state index in [1.54, 1.807) is 17.6 Å². The van der Waals surface area contributed by atoms with Gasteiger partial charge < -0.3 is 15.1 Å². The number of guanidine groups is 1. The molecule has 0 aliphatic rings. The number of aliphatic imine (C=N–C) groups is 1. The molecule has 2 N–H and O–H groups in total. The van der Waals surface area contributed by atoms with Crippen LogP contribution in [0, 0.1) is 0 Å². The van der Waals surface area contributed by atoms with Gasteiger partial charge in [0.1, 0.15) is 12.0 Å². The first-order chi connectivity index (χ1) is 9.69. The van der Waals surface area contributed by atoms with Crippen LogP contribution in [-0.2, 0) is 6.54 Å². The van der Waals surface area contributed by atoms with Gasteiger partial charge in [-0.05, 0) is 32.2 Å². The average Bonchev–Trinajstić information content (AvgIpc) is 3.06. The quantitative estimate of drug-likeness (QED) is 0.657. The van der Waals surface area contributed by atoms with Gasteiger partial charge in [-0.3, -0.25) is 0 Å². The highest BCUT2D eigenvalue weighted by Gasteiger charge is 2.07. The third-order valence-electron chi connectivity index (χ3n) is 2.45. The fourth-order valence-electron chi connectivity index (χ4n) is 1.65. The Balaban J connectivity index is 2.01. The molecule has 0 unspecified atom stereocenters. The van der Waals surface area contributed by atoms with Crippen molar-refractivity contribution in [2.75, 3.05) is 6.54 Å². The second-order valence-electron chi connectivity index (χ2n) is 4.62. The Morgan fingerprint density at radius 1 is 1.50 bits per heavy atom. The third kappa shape index (κ3) is 4.09. The normalized spacial score (nSPS) is 11.9. The van der Waals surface area contributed by atoms with Gasteiger partial charge in [0, 0.05) is 12.6 Å². The van der Waals surface area contributed by atoms with E-state index >= 15 is 0 Å². The van der Waals surface area contributed by atoms with Crippen molar-refractivity contribution in [3.63, 3.8) is 0 Å². The van der Waals surface area contributed by atoms with Crippen LogP contribution in [0.25, 0.3) is 10.8 Å². The van der Waals surface area contributed by atoms with E-state index in [0.717, 1.165) is 23.1 Å². The lowest BCUT2D eigenvalue weighted by molar-refractivity contribution is 0.574. The molecule has 5 nitrogen and oxygen atoms in total. The van der Waals surface area contributed by atoms with Crippen LogP contribution in [0.1, 0.15) is 26.5 Å². The Hall–Kier alpha value is -1.82. The molecule has 20 heavy (non-hydrogen) atoms. The van der Waals surface area contributed by atoms with Gasteiger partial charge in [-0.1, -0.05) is 6.07 Å². The summed E-state index contributed by atoms with van der Waals surface area (Å²) >= 11 is 1.61. The van der Waals surface area contributed by atoms with E-state index in [-0.39, 0.29) is 0 Å². The smallest absolute Gasteiger partial charge is 0.236 e. The molecular formula is C14H20N4OS. The number of aromatic nitrogens is 1. The number of nitrogens with zero attached hydrogens (tertiary/aromatic N) is 2. The van der Waals surface area contributed by atoms with Gasteiger partial charge in [0.05, 0.1) is 11.4 Å². The molecule has 0 saturated carbocycles. The lowest BCUT2D eigenvalue weighted by atomic mass is 10.4. The summed E-state index contributed by atoms with van der Waals surface area (Å²) in [6.07, 6.45) is 1.66. The Morgan fingerprint density at radius 3 is 3.00 bits per heavy atom. The van der Waals surface area contributed by atoms with Gasteiger partial charge >= 0.3 is 0 Å². The zero-order valence-electron chi connectivity index (χ0n) is 12.0. The van der Waals surface area contributed by atoms with Crippen LogP contribution in [0.2, 0.25) is 0 Å². The van der Waals surface area contributed by atoms with E-state index < -0.39 is 0 Å². The largest absolute Gasteiger partial charge is 0.443 e. The molecule has 0 radical (unpaired) electrons. The monoisotopic (exact) mass is 292 g/mol. The van der Waals surface area contributed by atoms with Crippen LogP contribution in [-0.4, -0.2) is 23.5 Å². The van der Waals surface area contributed by atoms with Gasteiger partial charge in [0.25, 0.3) is 0 Å². The summed E-state index contributed by atoms with van der Waals surface area (Å²) in [5, 5.41) is 8.48. The summed E-state index contributed by atoms with van der Waals surface area (Å²) in [4.78, 5) is 9.97. The molecule has 0 aliphatic heterocycles. The predicted octanol–water partition coefficient (Wildman–Crippen LogP) is 2.87. The molecule has 2 aromatic heterocycles. The summed E-state index contributed by atoms with van der Waals surface area (Å²) in [5.41, 5.74) is 0.828. The molecule has 0 aliphatic carbocycles. The molecule has 0 spiro atoms. The van der Waals surface area contributed by atoms with E-state index in [9.17, 15) is 0 Å². The van der Waals surface area contributed by atoms with Crippen molar-refractivity contribution in [2.24, 2.45) is 4.99 Å². The summed E-state index contributed by atoms with van der Waals surface area (Å²) in [6, 6.07) is 4.32. The van der Waals surface area contributed by atoms with Crippen LogP contribution in [0.15, 0.2) is 33.2 Å². The zero-order chi connectivity index (χ0) is 14.4. The lowest BCUT2D eigenvalue weighted by Gasteiger charge is -2.13. The van der Waals surface area contributed by atoms with Crippen molar-refractivity contribution in [3.8, 4) is 10.8 Å². The maximum Gasteiger partial charge on any atom is 0.236 e. The highest BCUT2D eigenvalue weighted by atomic mass is 32.1. The molecule has 0 amide bonds. The summed E-state index contributed by atoms with van der Waals surface area (Å²) in [7, 11) is 0. The van der Waals surface area contributed by atoms with Gasteiger partial charge in [-0.2, -0.15) is 0 Å². The number of thiophene rings is 1. The maximum absolute atomic E-state index is 5.47. The van der Waals surface area contributed by atoms with Crippen LogP contribution >= 0.6 is 11.3 Å². The number of hydrogen-bond donors (Lipinski definition) is 2. The number of hydrogen-bond acceptors (Lipinski definition) is 4. The minimum atomic E-state index is 0.340. The number of rotatable bonds is 5. The molecule has 2 aromatic rings. The van der Waals surface area contributed by atoms with E-state index in [2.05, 4.69) is 34.5 Å². The van der Waals surface area contributed by atoms with E-state index in [0.29, 0.717) is 18.5 Å². The average molecular weight is 292 g/mol. The molecular weight excluding hydrogens is 272 g/mol. The topological polar surface area (TPSA) is 62.5 Å².